The normalized spacial score (nSPS) is 20.3. The first-order valence-electron chi connectivity index (χ1n) is 4.76. The van der Waals surface area contributed by atoms with Crippen molar-refractivity contribution < 1.29 is 0 Å². The molecular weight excluding hydrogens is 164 g/mol. The highest BCUT2D eigenvalue weighted by atomic mass is 32.2. The molecule has 1 rings (SSSR count). The molecule has 0 aromatic carbocycles. The molecule has 0 aromatic rings. The molecule has 0 fully saturated rings. The molecule has 0 aromatic heterocycles. The van der Waals surface area contributed by atoms with Gasteiger partial charge in [-0.3, -0.25) is 0 Å². The Hall–Kier alpha value is -0.170. The zero-order valence-corrected chi connectivity index (χ0v) is 8.76. The van der Waals surface area contributed by atoms with Crippen LogP contribution in [-0.2, 0) is 0 Å². The van der Waals surface area contributed by atoms with Crippen molar-refractivity contribution in [1.82, 2.24) is 0 Å². The van der Waals surface area contributed by atoms with Gasteiger partial charge in [0, 0.05) is 0 Å². The molecule has 12 heavy (non-hydrogen) atoms. The van der Waals surface area contributed by atoms with Crippen molar-refractivity contribution in [2.75, 3.05) is 5.75 Å². The van der Waals surface area contributed by atoms with E-state index >= 15 is 0 Å². The van der Waals surface area contributed by atoms with Gasteiger partial charge in [-0.2, -0.15) is 0 Å². The van der Waals surface area contributed by atoms with Gasteiger partial charge in [0.05, 0.1) is 0 Å². The lowest BCUT2D eigenvalue weighted by Gasteiger charge is -2.16. The fraction of sp³-hybridized carbons (Fsp3) is 0.545. The van der Waals surface area contributed by atoms with E-state index in [1.54, 1.807) is 0 Å². The zero-order chi connectivity index (χ0) is 8.81. The Kier molecular flexibility index (Phi) is 4.52. The van der Waals surface area contributed by atoms with Crippen LogP contribution < -0.4 is 0 Å². The standard InChI is InChI=1S/C11H19S/c1-3-4-7-11(2)10-12-8-5-6-9-12/h5-6,8-9,11-12H,2-4,7,10H2,1H3. The highest BCUT2D eigenvalue weighted by Gasteiger charge is 2.06. The van der Waals surface area contributed by atoms with E-state index in [0.29, 0.717) is 5.92 Å². The molecule has 0 amide bonds. The van der Waals surface area contributed by atoms with Gasteiger partial charge in [-0.25, -0.2) is 10.9 Å². The third kappa shape index (κ3) is 3.48. The molecule has 1 aliphatic heterocycles. The minimum Gasteiger partial charge on any atom is -0.213 e. The lowest BCUT2D eigenvalue weighted by molar-refractivity contribution is 0.602. The van der Waals surface area contributed by atoms with E-state index in [9.17, 15) is 0 Å². The van der Waals surface area contributed by atoms with Crippen LogP contribution in [0.2, 0.25) is 0 Å². The molecule has 1 heteroatoms. The Labute approximate surface area is 79.1 Å². The summed E-state index contributed by atoms with van der Waals surface area (Å²) in [6, 6.07) is 0. The van der Waals surface area contributed by atoms with E-state index in [1.165, 1.54) is 25.0 Å². The first-order chi connectivity index (χ1) is 5.83. The van der Waals surface area contributed by atoms with Crippen molar-refractivity contribution >= 4 is 10.9 Å². The Balaban J connectivity index is 2.12. The molecule has 69 valence electrons. The summed E-state index contributed by atoms with van der Waals surface area (Å²) in [5, 5.41) is 4.67. The summed E-state index contributed by atoms with van der Waals surface area (Å²) in [6.07, 6.45) is 8.27. The van der Waals surface area contributed by atoms with E-state index in [2.05, 4.69) is 36.8 Å². The van der Waals surface area contributed by atoms with Gasteiger partial charge >= 0.3 is 0 Å². The molecule has 0 bridgehead atoms. The summed E-state index contributed by atoms with van der Waals surface area (Å²) in [5.41, 5.74) is 0. The Bertz CT molecular complexity index is 158. The van der Waals surface area contributed by atoms with Crippen LogP contribution in [0.25, 0.3) is 0 Å². The number of unbranched alkanes of at least 4 members (excludes halogenated alkanes) is 1. The van der Waals surface area contributed by atoms with Crippen LogP contribution in [0.3, 0.4) is 0 Å². The number of thiol groups is 1. The Morgan fingerprint density at radius 3 is 2.58 bits per heavy atom. The van der Waals surface area contributed by atoms with Gasteiger partial charge in [0.1, 0.15) is 0 Å². The zero-order valence-electron chi connectivity index (χ0n) is 7.87. The van der Waals surface area contributed by atoms with E-state index in [1.807, 2.05) is 0 Å². The van der Waals surface area contributed by atoms with Crippen molar-refractivity contribution in [1.29, 1.82) is 0 Å². The number of rotatable bonds is 5. The van der Waals surface area contributed by atoms with Crippen LogP contribution in [-0.4, -0.2) is 5.75 Å². The van der Waals surface area contributed by atoms with E-state index in [0.717, 1.165) is 0 Å². The van der Waals surface area contributed by atoms with Gasteiger partial charge in [-0.05, 0) is 35.8 Å². The van der Waals surface area contributed by atoms with Crippen LogP contribution in [0.1, 0.15) is 26.2 Å². The summed E-state index contributed by atoms with van der Waals surface area (Å²) in [4.78, 5) is 0. The third-order valence-corrected chi connectivity index (χ3v) is 4.15. The molecule has 1 heterocycles. The van der Waals surface area contributed by atoms with Crippen LogP contribution in [0.5, 0.6) is 0 Å². The van der Waals surface area contributed by atoms with Crippen molar-refractivity contribution in [2.45, 2.75) is 26.2 Å². The van der Waals surface area contributed by atoms with E-state index in [-0.39, 0.29) is 10.9 Å². The lowest BCUT2D eigenvalue weighted by Crippen LogP contribution is -2.00. The lowest BCUT2D eigenvalue weighted by atomic mass is 10.1. The van der Waals surface area contributed by atoms with Gasteiger partial charge in [-0.15, -0.1) is 0 Å². The maximum Gasteiger partial charge on any atom is -0.0156 e. The maximum absolute atomic E-state index is 4.19. The van der Waals surface area contributed by atoms with E-state index < -0.39 is 0 Å². The predicted octanol–water partition coefficient (Wildman–Crippen LogP) is 3.67. The minimum absolute atomic E-state index is 0.0753. The molecule has 0 aliphatic carbocycles. The summed E-state index contributed by atoms with van der Waals surface area (Å²) < 4.78 is 0. The molecule has 1 aliphatic rings. The summed E-state index contributed by atoms with van der Waals surface area (Å²) >= 11 is 0. The molecule has 0 spiro atoms. The Morgan fingerprint density at radius 1 is 1.33 bits per heavy atom. The summed E-state index contributed by atoms with van der Waals surface area (Å²) in [7, 11) is 0.0753. The highest BCUT2D eigenvalue weighted by Crippen LogP contribution is 2.35. The number of allylic oxidation sites excluding steroid dienone is 2. The van der Waals surface area contributed by atoms with Crippen molar-refractivity contribution in [2.24, 2.45) is 5.92 Å². The fourth-order valence-corrected chi connectivity index (χ4v) is 3.14. The molecule has 0 saturated carbocycles. The van der Waals surface area contributed by atoms with Crippen LogP contribution in [0, 0.1) is 12.8 Å². The van der Waals surface area contributed by atoms with Crippen molar-refractivity contribution in [3.8, 4) is 0 Å². The Morgan fingerprint density at radius 2 is 2.00 bits per heavy atom. The minimum atomic E-state index is 0.0753. The fourth-order valence-electron chi connectivity index (χ4n) is 1.37. The summed E-state index contributed by atoms with van der Waals surface area (Å²) in [5.74, 6) is 1.96. The predicted molar refractivity (Wildman–Crippen MR) is 60.5 cm³/mol. The van der Waals surface area contributed by atoms with Gasteiger partial charge < -0.3 is 0 Å². The smallest absolute Gasteiger partial charge is 0.0156 e. The SMILES string of the molecule is [CH2]C(CCCC)C[SH]1C=CC=C1. The second kappa shape index (κ2) is 5.47. The number of hydrogen-bond donors (Lipinski definition) is 1. The van der Waals surface area contributed by atoms with Gasteiger partial charge in [-0.1, -0.05) is 31.9 Å². The largest absolute Gasteiger partial charge is 0.213 e. The van der Waals surface area contributed by atoms with Gasteiger partial charge in [0.15, 0.2) is 0 Å². The average molecular weight is 183 g/mol. The van der Waals surface area contributed by atoms with Gasteiger partial charge in [0.2, 0.25) is 0 Å². The first kappa shape index (κ1) is 9.91. The molecular formula is C11H19S. The quantitative estimate of drug-likeness (QED) is 0.618. The average Bonchev–Trinajstić information content (AvgIpc) is 2.53. The summed E-state index contributed by atoms with van der Waals surface area (Å²) in [6.45, 7) is 6.43. The first-order valence-corrected chi connectivity index (χ1v) is 6.43. The van der Waals surface area contributed by atoms with Crippen molar-refractivity contribution in [3.05, 3.63) is 29.9 Å². The van der Waals surface area contributed by atoms with Crippen LogP contribution >= 0.6 is 10.9 Å². The van der Waals surface area contributed by atoms with Crippen LogP contribution in [0.15, 0.2) is 23.0 Å². The highest BCUT2D eigenvalue weighted by molar-refractivity contribution is 8.22. The molecule has 1 unspecified atom stereocenters. The molecule has 0 N–H and O–H groups in total. The van der Waals surface area contributed by atoms with Crippen molar-refractivity contribution in [3.63, 3.8) is 0 Å². The van der Waals surface area contributed by atoms with Crippen LogP contribution in [0.4, 0.5) is 0 Å². The molecule has 1 radical (unpaired) electrons. The second-order valence-corrected chi connectivity index (χ2v) is 5.38. The maximum atomic E-state index is 4.19. The molecule has 0 nitrogen and oxygen atoms in total. The monoisotopic (exact) mass is 183 g/mol. The molecule has 1 atom stereocenters. The number of hydrogen-bond acceptors (Lipinski definition) is 0. The topological polar surface area (TPSA) is 0 Å². The second-order valence-electron chi connectivity index (χ2n) is 3.39. The third-order valence-electron chi connectivity index (χ3n) is 2.10. The molecule has 0 saturated heterocycles. The van der Waals surface area contributed by atoms with Gasteiger partial charge in [0.25, 0.3) is 0 Å². The van der Waals surface area contributed by atoms with E-state index in [4.69, 9.17) is 0 Å².